The number of nitrogens with zero attached hydrogens (tertiary/aromatic N) is 3. The highest BCUT2D eigenvalue weighted by atomic mass is 35.5. The molecule has 0 aliphatic rings. The lowest BCUT2D eigenvalue weighted by Gasteiger charge is -2.16. The summed E-state index contributed by atoms with van der Waals surface area (Å²) in [6.07, 6.45) is 1.78. The number of aromatic nitrogens is 3. The van der Waals surface area contributed by atoms with E-state index < -0.39 is 0 Å². The average Bonchev–Trinajstić information content (AvgIpc) is 3.18. The lowest BCUT2D eigenvalue weighted by molar-refractivity contribution is 0.238. The Bertz CT molecular complexity index is 1230. The summed E-state index contributed by atoms with van der Waals surface area (Å²) in [5.41, 5.74) is 4.40. The minimum Gasteiger partial charge on any atom is -0.368 e. The molecule has 0 unspecified atom stereocenters. The Morgan fingerprint density at radius 1 is 1.12 bits per heavy atom. The Morgan fingerprint density at radius 2 is 1.88 bits per heavy atom. The second kappa shape index (κ2) is 9.74. The average molecular weight is 447 g/mol. The molecule has 4 rings (SSSR count). The van der Waals surface area contributed by atoms with Gasteiger partial charge in [-0.2, -0.15) is 9.61 Å². The van der Waals surface area contributed by atoms with Crippen molar-refractivity contribution in [2.45, 2.75) is 13.0 Å². The molecule has 0 aliphatic carbocycles. The summed E-state index contributed by atoms with van der Waals surface area (Å²) >= 11 is 6.39. The number of hydrogen-bond acceptors (Lipinski definition) is 4. The van der Waals surface area contributed by atoms with Crippen molar-refractivity contribution in [2.24, 2.45) is 0 Å². The summed E-state index contributed by atoms with van der Waals surface area (Å²) < 4.78 is 1.76. The smallest absolute Gasteiger partial charge is 0.315 e. The van der Waals surface area contributed by atoms with Crippen LogP contribution in [0.15, 0.2) is 66.9 Å². The van der Waals surface area contributed by atoms with Gasteiger partial charge in [0.25, 0.3) is 0 Å². The van der Waals surface area contributed by atoms with Gasteiger partial charge in [-0.3, -0.25) is 0 Å². The van der Waals surface area contributed by atoms with Crippen LogP contribution in [-0.4, -0.2) is 41.6 Å². The summed E-state index contributed by atoms with van der Waals surface area (Å²) in [7, 11) is 1.97. The predicted molar refractivity (Wildman–Crippen MR) is 131 cm³/mol. The van der Waals surface area contributed by atoms with Crippen molar-refractivity contribution in [3.63, 3.8) is 0 Å². The molecule has 4 aromatic rings. The van der Waals surface area contributed by atoms with Crippen LogP contribution in [-0.2, 0) is 0 Å². The van der Waals surface area contributed by atoms with Gasteiger partial charge in [0.2, 0.25) is 0 Å². The zero-order valence-electron chi connectivity index (χ0n) is 18.0. The van der Waals surface area contributed by atoms with Crippen LogP contribution in [0.25, 0.3) is 16.9 Å². The monoisotopic (exact) mass is 446 g/mol. The molecule has 3 N–H and O–H groups in total. The fourth-order valence-electron chi connectivity index (χ4n) is 3.44. The van der Waals surface area contributed by atoms with Gasteiger partial charge >= 0.3 is 6.03 Å². The zero-order chi connectivity index (χ0) is 22.5. The van der Waals surface area contributed by atoms with E-state index in [1.54, 1.807) is 10.7 Å². The number of fused-ring (bicyclic) bond motifs is 1. The number of nitrogens with one attached hydrogen (secondary N) is 3. The summed E-state index contributed by atoms with van der Waals surface area (Å²) in [5.74, 6) is 0.776. The third-order valence-corrected chi connectivity index (χ3v) is 5.49. The molecular formula is C23H24BClN6O. The van der Waals surface area contributed by atoms with Crippen molar-refractivity contribution in [1.29, 1.82) is 0 Å². The molecule has 0 spiro atoms. The first kappa shape index (κ1) is 21.7. The van der Waals surface area contributed by atoms with Crippen molar-refractivity contribution in [3.05, 3.63) is 77.4 Å². The Balaban J connectivity index is 1.41. The van der Waals surface area contributed by atoms with E-state index in [4.69, 9.17) is 16.6 Å². The maximum atomic E-state index is 12.2. The topological polar surface area (TPSA) is 83.3 Å². The first-order chi connectivity index (χ1) is 15.5. The number of amides is 2. The molecule has 32 heavy (non-hydrogen) atoms. The minimum atomic E-state index is -0.213. The van der Waals surface area contributed by atoms with Gasteiger partial charge in [-0.05, 0) is 24.0 Å². The molecule has 0 aliphatic heterocycles. The van der Waals surface area contributed by atoms with E-state index in [9.17, 15) is 4.79 Å². The van der Waals surface area contributed by atoms with Gasteiger partial charge in [-0.25, -0.2) is 9.78 Å². The third-order valence-electron chi connectivity index (χ3n) is 5.16. The number of hydrogen-bond donors (Lipinski definition) is 3. The Morgan fingerprint density at radius 3 is 2.66 bits per heavy atom. The first-order valence-corrected chi connectivity index (χ1v) is 10.8. The molecule has 9 heteroatoms. The third kappa shape index (κ3) is 4.86. The van der Waals surface area contributed by atoms with Gasteiger partial charge < -0.3 is 16.0 Å². The van der Waals surface area contributed by atoms with E-state index in [0.717, 1.165) is 33.7 Å². The van der Waals surface area contributed by atoms with Crippen LogP contribution in [0.3, 0.4) is 0 Å². The van der Waals surface area contributed by atoms with Crippen LogP contribution in [0.1, 0.15) is 18.5 Å². The van der Waals surface area contributed by atoms with Crippen LogP contribution in [0.5, 0.6) is 0 Å². The van der Waals surface area contributed by atoms with E-state index >= 15 is 0 Å². The molecule has 162 valence electrons. The van der Waals surface area contributed by atoms with Crippen LogP contribution in [0.2, 0.25) is 5.02 Å². The number of carbonyl (C=O) groups is 1. The number of halogens is 1. The molecular weight excluding hydrogens is 423 g/mol. The molecule has 0 bridgehead atoms. The SMILES string of the molecule is Bc1cnn2c(NCCNC(=O)N[C@H](C)c3ccccc3)cc(-c3ccccc3Cl)nc12. The second-order valence-electron chi connectivity index (χ2n) is 7.53. The van der Waals surface area contributed by atoms with E-state index in [1.165, 1.54) is 0 Å². The van der Waals surface area contributed by atoms with E-state index in [2.05, 4.69) is 21.0 Å². The van der Waals surface area contributed by atoms with Crippen molar-refractivity contribution in [3.8, 4) is 11.3 Å². The van der Waals surface area contributed by atoms with Gasteiger partial charge in [0.05, 0.1) is 11.7 Å². The van der Waals surface area contributed by atoms with Gasteiger partial charge in [-0.15, -0.1) is 0 Å². The standard InChI is InChI=1S/C23H24BClN6O/c1-15(16-7-3-2-4-8-16)29-23(32)27-12-11-26-21-13-20(17-9-5-6-10-19(17)25)30-22-18(24)14-28-31(21)22/h2-10,13-15,26H,11-12,24H2,1H3,(H2,27,29,32)/t15-/m1/s1. The van der Waals surface area contributed by atoms with Crippen LogP contribution in [0.4, 0.5) is 10.6 Å². The molecule has 2 amide bonds. The van der Waals surface area contributed by atoms with Crippen molar-refractivity contribution < 1.29 is 4.79 Å². The fourth-order valence-corrected chi connectivity index (χ4v) is 3.68. The lowest BCUT2D eigenvalue weighted by Crippen LogP contribution is -2.39. The number of urea groups is 1. The highest BCUT2D eigenvalue weighted by Gasteiger charge is 2.13. The zero-order valence-corrected chi connectivity index (χ0v) is 18.7. The Labute approximate surface area is 192 Å². The van der Waals surface area contributed by atoms with Gasteiger partial charge in [0.1, 0.15) is 13.7 Å². The normalized spacial score (nSPS) is 11.8. The molecule has 0 saturated carbocycles. The first-order valence-electron chi connectivity index (χ1n) is 10.5. The maximum Gasteiger partial charge on any atom is 0.315 e. The molecule has 2 aromatic carbocycles. The maximum absolute atomic E-state index is 12.2. The van der Waals surface area contributed by atoms with Crippen molar-refractivity contribution >= 4 is 42.4 Å². The molecule has 7 nitrogen and oxygen atoms in total. The molecule has 0 radical (unpaired) electrons. The quantitative estimate of drug-likeness (QED) is 0.301. The molecule has 0 fully saturated rings. The minimum absolute atomic E-state index is 0.0748. The van der Waals surface area contributed by atoms with Gasteiger partial charge in [0, 0.05) is 35.9 Å². The van der Waals surface area contributed by atoms with Gasteiger partial charge in [-0.1, -0.05) is 60.1 Å². The Hall–Kier alpha value is -3.52. The van der Waals surface area contributed by atoms with Gasteiger partial charge in [0.15, 0.2) is 5.65 Å². The molecule has 0 saturated heterocycles. The van der Waals surface area contributed by atoms with E-state index in [-0.39, 0.29) is 12.1 Å². The molecule has 2 aromatic heterocycles. The van der Waals surface area contributed by atoms with E-state index in [0.29, 0.717) is 18.1 Å². The van der Waals surface area contributed by atoms with E-state index in [1.807, 2.05) is 75.4 Å². The highest BCUT2D eigenvalue weighted by molar-refractivity contribution is 6.36. The summed E-state index contributed by atoms with van der Waals surface area (Å²) in [6.45, 7) is 2.92. The van der Waals surface area contributed by atoms with Crippen LogP contribution < -0.4 is 21.4 Å². The highest BCUT2D eigenvalue weighted by Crippen LogP contribution is 2.28. The lowest BCUT2D eigenvalue weighted by atomic mass is 10.0. The van der Waals surface area contributed by atoms with Crippen LogP contribution in [0, 0.1) is 0 Å². The summed E-state index contributed by atoms with van der Waals surface area (Å²) in [5, 5.41) is 14.2. The fraction of sp³-hybridized carbons (Fsp3) is 0.174. The van der Waals surface area contributed by atoms with Crippen molar-refractivity contribution in [1.82, 2.24) is 25.2 Å². The van der Waals surface area contributed by atoms with Crippen molar-refractivity contribution in [2.75, 3.05) is 18.4 Å². The summed E-state index contributed by atoms with van der Waals surface area (Å²) in [4.78, 5) is 17.0. The largest absolute Gasteiger partial charge is 0.368 e. The molecule has 1 atom stereocenters. The summed E-state index contributed by atoms with van der Waals surface area (Å²) in [6, 6.07) is 19.1. The Kier molecular flexibility index (Phi) is 6.61. The number of anilines is 1. The number of rotatable bonds is 7. The number of benzene rings is 2. The second-order valence-corrected chi connectivity index (χ2v) is 7.94. The van der Waals surface area contributed by atoms with Crippen LogP contribution >= 0.6 is 11.6 Å². The molecule has 2 heterocycles. The number of carbonyl (C=O) groups excluding carboxylic acids is 1. The predicted octanol–water partition coefficient (Wildman–Crippen LogP) is 2.78.